The monoisotopic (exact) mass is 184 g/mol. The predicted molar refractivity (Wildman–Crippen MR) is 21.6 cm³/mol. The van der Waals surface area contributed by atoms with Gasteiger partial charge in [-0.3, -0.25) is 0 Å². The molecule has 7 heteroatoms. The van der Waals surface area contributed by atoms with Gasteiger partial charge >= 0.3 is 12.1 Å². The zero-order chi connectivity index (χ0) is 9.28. The first-order valence-corrected chi connectivity index (χ1v) is 2.39. The summed E-state index contributed by atoms with van der Waals surface area (Å²) < 4.78 is 78.6. The normalized spacial score (nSPS) is 14.2. The molecule has 0 saturated carbocycles. The van der Waals surface area contributed by atoms with Gasteiger partial charge in [-0.15, -0.1) is 0 Å². The predicted octanol–water partition coefficient (Wildman–Crippen LogP) is 2.84. The SMILES string of the molecule is FC(F)CC(F)(F)C(F)(F)F. The van der Waals surface area contributed by atoms with E-state index in [9.17, 15) is 30.7 Å². The highest BCUT2D eigenvalue weighted by atomic mass is 19.4. The van der Waals surface area contributed by atoms with Gasteiger partial charge in [-0.2, -0.15) is 22.0 Å². The summed E-state index contributed by atoms with van der Waals surface area (Å²) in [6.45, 7) is 0. The third-order valence-corrected chi connectivity index (χ3v) is 0.825. The summed E-state index contributed by atoms with van der Waals surface area (Å²) in [5, 5.41) is 0. The largest absolute Gasteiger partial charge is 0.453 e. The molecule has 0 unspecified atom stereocenters. The number of rotatable bonds is 2. The molecule has 0 aliphatic heterocycles. The van der Waals surface area contributed by atoms with E-state index in [-0.39, 0.29) is 0 Å². The van der Waals surface area contributed by atoms with Crippen LogP contribution in [0.2, 0.25) is 0 Å². The third kappa shape index (κ3) is 2.94. The Labute approximate surface area is 57.0 Å². The van der Waals surface area contributed by atoms with Gasteiger partial charge in [0.05, 0.1) is 6.42 Å². The molecule has 0 radical (unpaired) electrons. The smallest absolute Gasteiger partial charge is 0.210 e. The van der Waals surface area contributed by atoms with Crippen molar-refractivity contribution in [3.8, 4) is 0 Å². The van der Waals surface area contributed by atoms with E-state index < -0.39 is 24.9 Å². The van der Waals surface area contributed by atoms with E-state index in [4.69, 9.17) is 0 Å². The van der Waals surface area contributed by atoms with Gasteiger partial charge in [0, 0.05) is 0 Å². The maximum absolute atomic E-state index is 11.6. The van der Waals surface area contributed by atoms with Crippen molar-refractivity contribution in [2.75, 3.05) is 0 Å². The fourth-order valence-corrected chi connectivity index (χ4v) is 0.310. The molecule has 0 rings (SSSR count). The van der Waals surface area contributed by atoms with Crippen LogP contribution in [-0.2, 0) is 0 Å². The molecule has 11 heavy (non-hydrogen) atoms. The number of halogens is 7. The van der Waals surface area contributed by atoms with Crippen LogP contribution in [0.15, 0.2) is 0 Å². The van der Waals surface area contributed by atoms with Gasteiger partial charge < -0.3 is 0 Å². The van der Waals surface area contributed by atoms with Crippen molar-refractivity contribution >= 4 is 0 Å². The molecule has 0 atom stereocenters. The van der Waals surface area contributed by atoms with Crippen molar-refractivity contribution in [2.24, 2.45) is 0 Å². The highest BCUT2D eigenvalue weighted by molar-refractivity contribution is 4.76. The summed E-state index contributed by atoms with van der Waals surface area (Å²) in [6, 6.07) is 0. The Balaban J connectivity index is 4.22. The Kier molecular flexibility index (Phi) is 2.74. The molecule has 0 bridgehead atoms. The van der Waals surface area contributed by atoms with Crippen LogP contribution in [0.4, 0.5) is 30.7 Å². The highest BCUT2D eigenvalue weighted by Crippen LogP contribution is 2.39. The molecule has 0 aromatic rings. The van der Waals surface area contributed by atoms with Crippen LogP contribution in [-0.4, -0.2) is 18.5 Å². The van der Waals surface area contributed by atoms with Gasteiger partial charge in [0.1, 0.15) is 0 Å². The van der Waals surface area contributed by atoms with E-state index in [0.717, 1.165) is 0 Å². The van der Waals surface area contributed by atoms with E-state index in [1.165, 1.54) is 0 Å². The molecule has 0 nitrogen and oxygen atoms in total. The van der Waals surface area contributed by atoms with Crippen molar-refractivity contribution in [3.05, 3.63) is 0 Å². The van der Waals surface area contributed by atoms with Gasteiger partial charge in [-0.25, -0.2) is 8.78 Å². The highest BCUT2D eigenvalue weighted by Gasteiger charge is 2.58. The molecule has 0 amide bonds. The van der Waals surface area contributed by atoms with E-state index in [2.05, 4.69) is 0 Å². The summed E-state index contributed by atoms with van der Waals surface area (Å²) in [6.07, 6.45) is -12.0. The number of hydrogen-bond acceptors (Lipinski definition) is 0. The molecule has 0 aromatic heterocycles. The second-order valence-electron chi connectivity index (χ2n) is 1.80. The Morgan fingerprint density at radius 3 is 1.36 bits per heavy atom. The Morgan fingerprint density at radius 1 is 0.909 bits per heavy atom. The first-order chi connectivity index (χ1) is 4.67. The second-order valence-corrected chi connectivity index (χ2v) is 1.80. The van der Waals surface area contributed by atoms with Crippen molar-refractivity contribution in [1.29, 1.82) is 0 Å². The summed E-state index contributed by atoms with van der Waals surface area (Å²) in [4.78, 5) is 0. The van der Waals surface area contributed by atoms with Crippen LogP contribution in [0.3, 0.4) is 0 Å². The lowest BCUT2D eigenvalue weighted by atomic mass is 10.2. The van der Waals surface area contributed by atoms with Crippen molar-refractivity contribution in [1.82, 2.24) is 0 Å². The van der Waals surface area contributed by atoms with Gasteiger partial charge in [-0.05, 0) is 0 Å². The maximum Gasteiger partial charge on any atom is 0.453 e. The maximum atomic E-state index is 11.6. The van der Waals surface area contributed by atoms with Crippen molar-refractivity contribution in [3.63, 3.8) is 0 Å². The van der Waals surface area contributed by atoms with Gasteiger partial charge in [0.25, 0.3) is 0 Å². The van der Waals surface area contributed by atoms with Crippen LogP contribution < -0.4 is 0 Å². The minimum Gasteiger partial charge on any atom is -0.210 e. The average molecular weight is 184 g/mol. The topological polar surface area (TPSA) is 0 Å². The zero-order valence-electron chi connectivity index (χ0n) is 4.93. The van der Waals surface area contributed by atoms with Crippen molar-refractivity contribution < 1.29 is 30.7 Å². The fraction of sp³-hybridized carbons (Fsp3) is 1.00. The standard InChI is InChI=1S/C4H3F7/c5-2(6)1-3(7,8)4(9,10)11/h2H,1H2. The van der Waals surface area contributed by atoms with Gasteiger partial charge in [0.2, 0.25) is 6.43 Å². The van der Waals surface area contributed by atoms with Crippen LogP contribution in [0.25, 0.3) is 0 Å². The molecule has 68 valence electrons. The summed E-state index contributed by atoms with van der Waals surface area (Å²) >= 11 is 0. The molecule has 0 aliphatic carbocycles. The van der Waals surface area contributed by atoms with E-state index >= 15 is 0 Å². The van der Waals surface area contributed by atoms with E-state index in [1.807, 2.05) is 0 Å². The third-order valence-electron chi connectivity index (χ3n) is 0.825. The summed E-state index contributed by atoms with van der Waals surface area (Å²) in [5.41, 5.74) is 0. The lowest BCUT2D eigenvalue weighted by Gasteiger charge is -2.18. The minimum absolute atomic E-state index is 2.48. The molecular weight excluding hydrogens is 181 g/mol. The first-order valence-electron chi connectivity index (χ1n) is 2.39. The molecule has 0 fully saturated rings. The average Bonchev–Trinajstić information content (AvgIpc) is 1.56. The zero-order valence-corrected chi connectivity index (χ0v) is 4.93. The summed E-state index contributed by atoms with van der Waals surface area (Å²) in [7, 11) is 0. The minimum atomic E-state index is -5.89. The van der Waals surface area contributed by atoms with Crippen molar-refractivity contribution in [2.45, 2.75) is 24.9 Å². The van der Waals surface area contributed by atoms with Gasteiger partial charge in [-0.1, -0.05) is 0 Å². The van der Waals surface area contributed by atoms with Crippen LogP contribution >= 0.6 is 0 Å². The lowest BCUT2D eigenvalue weighted by Crippen LogP contribution is -2.37. The molecule has 0 heterocycles. The Hall–Kier alpha value is -0.490. The quantitative estimate of drug-likeness (QED) is 0.579. The molecule has 0 aliphatic rings. The van der Waals surface area contributed by atoms with Crippen LogP contribution in [0.5, 0.6) is 0 Å². The van der Waals surface area contributed by atoms with Gasteiger partial charge in [0.15, 0.2) is 0 Å². The van der Waals surface area contributed by atoms with Crippen LogP contribution in [0.1, 0.15) is 6.42 Å². The fourth-order valence-electron chi connectivity index (χ4n) is 0.310. The van der Waals surface area contributed by atoms with E-state index in [1.54, 1.807) is 0 Å². The Bertz CT molecular complexity index is 123. The first kappa shape index (κ1) is 10.5. The molecular formula is C4H3F7. The molecule has 0 aromatic carbocycles. The van der Waals surface area contributed by atoms with E-state index in [0.29, 0.717) is 0 Å². The summed E-state index contributed by atoms with van der Waals surface area (Å²) in [5.74, 6) is -5.29. The number of hydrogen-bond donors (Lipinski definition) is 0. The molecule has 0 saturated heterocycles. The second kappa shape index (κ2) is 2.86. The number of alkyl halides is 7. The van der Waals surface area contributed by atoms with Crippen LogP contribution in [0, 0.1) is 0 Å². The molecule has 0 spiro atoms. The lowest BCUT2D eigenvalue weighted by molar-refractivity contribution is -0.291. The Morgan fingerprint density at radius 2 is 1.27 bits per heavy atom. The molecule has 0 N–H and O–H groups in total.